The Morgan fingerprint density at radius 2 is 1.56 bits per heavy atom. The monoisotopic (exact) mass is 250 g/mol. The predicted molar refractivity (Wildman–Crippen MR) is 65.8 cm³/mol. The summed E-state index contributed by atoms with van der Waals surface area (Å²) in [5, 5.41) is 22.2. The highest BCUT2D eigenvalue weighted by atomic mass is 16.6. The minimum Gasteiger partial charge on any atom is -0.258 e. The molecule has 1 aliphatic rings. The molecule has 0 unspecified atom stereocenters. The maximum absolute atomic E-state index is 11.1. The van der Waals surface area contributed by atoms with Crippen LogP contribution in [-0.2, 0) is 0 Å². The fourth-order valence-electron chi connectivity index (χ4n) is 2.07. The average molecular weight is 250 g/mol. The van der Waals surface area contributed by atoms with E-state index < -0.39 is 9.85 Å². The van der Waals surface area contributed by atoms with Gasteiger partial charge in [-0.25, -0.2) is 0 Å². The van der Waals surface area contributed by atoms with E-state index in [0.29, 0.717) is 11.1 Å². The summed E-state index contributed by atoms with van der Waals surface area (Å²) in [5.74, 6) is 0.00247. The van der Waals surface area contributed by atoms with Crippen LogP contribution in [0.3, 0.4) is 0 Å². The normalized spacial score (nSPS) is 14.8. The van der Waals surface area contributed by atoms with E-state index in [1.807, 2.05) is 13.8 Å². The molecular weight excluding hydrogens is 236 g/mol. The molecule has 0 heterocycles. The number of nitro benzene ring substituents is 2. The number of nitro groups is 2. The van der Waals surface area contributed by atoms with E-state index in [1.165, 1.54) is 12.1 Å². The van der Waals surface area contributed by atoms with E-state index >= 15 is 0 Å². The van der Waals surface area contributed by atoms with Crippen LogP contribution in [0.15, 0.2) is 12.1 Å². The van der Waals surface area contributed by atoms with Gasteiger partial charge in [0, 0.05) is 12.1 Å². The van der Waals surface area contributed by atoms with Gasteiger partial charge in [-0.1, -0.05) is 13.8 Å². The smallest absolute Gasteiger partial charge is 0.258 e. The molecule has 6 nitrogen and oxygen atoms in total. The Morgan fingerprint density at radius 1 is 1.11 bits per heavy atom. The van der Waals surface area contributed by atoms with Crippen molar-refractivity contribution in [3.63, 3.8) is 0 Å². The Balaban J connectivity index is 2.68. The van der Waals surface area contributed by atoms with Crippen molar-refractivity contribution in [1.82, 2.24) is 0 Å². The first-order valence-corrected chi connectivity index (χ1v) is 5.88. The zero-order valence-corrected chi connectivity index (χ0v) is 10.3. The molecule has 0 saturated heterocycles. The van der Waals surface area contributed by atoms with Gasteiger partial charge >= 0.3 is 0 Å². The van der Waals surface area contributed by atoms with Crippen molar-refractivity contribution in [3.05, 3.63) is 43.5 Å². The molecule has 1 aromatic carbocycles. The van der Waals surface area contributed by atoms with E-state index in [-0.39, 0.29) is 23.2 Å². The van der Waals surface area contributed by atoms with Gasteiger partial charge in [0.25, 0.3) is 11.4 Å². The van der Waals surface area contributed by atoms with Crippen LogP contribution >= 0.6 is 0 Å². The van der Waals surface area contributed by atoms with Crippen LogP contribution in [0, 0.1) is 20.2 Å². The number of benzene rings is 1. The van der Waals surface area contributed by atoms with Crippen LogP contribution < -0.4 is 0 Å². The molecule has 0 spiro atoms. The quantitative estimate of drug-likeness (QED) is 0.604. The van der Waals surface area contributed by atoms with Crippen LogP contribution in [0.4, 0.5) is 11.4 Å². The maximum Gasteiger partial charge on any atom is 0.280 e. The largest absolute Gasteiger partial charge is 0.280 e. The first-order valence-electron chi connectivity index (χ1n) is 5.88. The summed E-state index contributed by atoms with van der Waals surface area (Å²) in [5.41, 5.74) is 0.734. The van der Waals surface area contributed by atoms with E-state index in [0.717, 1.165) is 12.8 Å². The molecule has 2 rings (SSSR count). The predicted octanol–water partition coefficient (Wildman–Crippen LogP) is 3.50. The summed E-state index contributed by atoms with van der Waals surface area (Å²) >= 11 is 0. The van der Waals surface area contributed by atoms with E-state index in [1.54, 1.807) is 0 Å². The highest BCUT2D eigenvalue weighted by Gasteiger charge is 2.38. The third kappa shape index (κ3) is 2.18. The molecular formula is C12H14N2O4. The van der Waals surface area contributed by atoms with Gasteiger partial charge in [-0.3, -0.25) is 20.2 Å². The van der Waals surface area contributed by atoms with Crippen LogP contribution in [0.5, 0.6) is 0 Å². The Labute approximate surface area is 104 Å². The Hall–Kier alpha value is -1.98. The highest BCUT2D eigenvalue weighted by molar-refractivity contribution is 5.59. The number of rotatable bonds is 4. The van der Waals surface area contributed by atoms with Crippen molar-refractivity contribution < 1.29 is 9.85 Å². The first kappa shape index (κ1) is 12.5. The van der Waals surface area contributed by atoms with Crippen LogP contribution in [0.1, 0.15) is 49.7 Å². The van der Waals surface area contributed by atoms with Gasteiger partial charge in [-0.05, 0) is 30.2 Å². The first-order chi connectivity index (χ1) is 8.41. The zero-order chi connectivity index (χ0) is 13.4. The molecule has 0 radical (unpaired) electrons. The molecule has 18 heavy (non-hydrogen) atoms. The van der Waals surface area contributed by atoms with Crippen molar-refractivity contribution in [2.24, 2.45) is 0 Å². The summed E-state index contributed by atoms with van der Waals surface area (Å²) in [6.07, 6.45) is 1.59. The van der Waals surface area contributed by atoms with Crippen molar-refractivity contribution in [3.8, 4) is 0 Å². The molecule has 0 atom stereocenters. The van der Waals surface area contributed by atoms with Gasteiger partial charge in [0.05, 0.1) is 9.85 Å². The van der Waals surface area contributed by atoms with Gasteiger partial charge in [0.15, 0.2) is 0 Å². The van der Waals surface area contributed by atoms with Crippen molar-refractivity contribution in [2.45, 2.75) is 38.5 Å². The van der Waals surface area contributed by atoms with Gasteiger partial charge < -0.3 is 0 Å². The van der Waals surface area contributed by atoms with Crippen LogP contribution in [-0.4, -0.2) is 9.85 Å². The molecule has 0 bridgehead atoms. The SMILES string of the molecule is CC(C)c1cc([N+](=O)[O-])c(C2CC2)c([N+](=O)[O-])c1. The second-order valence-electron chi connectivity index (χ2n) is 4.92. The minimum absolute atomic E-state index is 0.0213. The fraction of sp³-hybridized carbons (Fsp3) is 0.500. The van der Waals surface area contributed by atoms with Gasteiger partial charge in [0.2, 0.25) is 0 Å². The Bertz CT molecular complexity index is 486. The standard InChI is InChI=1S/C12H14N2O4/c1-7(2)9-5-10(13(15)16)12(8-3-4-8)11(6-9)14(17)18/h5-8H,3-4H2,1-2H3. The summed E-state index contributed by atoms with van der Waals surface area (Å²) < 4.78 is 0. The second-order valence-corrected chi connectivity index (χ2v) is 4.92. The van der Waals surface area contributed by atoms with Crippen molar-refractivity contribution in [1.29, 1.82) is 0 Å². The molecule has 0 N–H and O–H groups in total. The van der Waals surface area contributed by atoms with Gasteiger partial charge in [0.1, 0.15) is 5.56 Å². The molecule has 0 aromatic heterocycles. The zero-order valence-electron chi connectivity index (χ0n) is 10.3. The maximum atomic E-state index is 11.1. The molecule has 1 aromatic rings. The molecule has 0 amide bonds. The summed E-state index contributed by atoms with van der Waals surface area (Å²) in [7, 11) is 0. The summed E-state index contributed by atoms with van der Waals surface area (Å²) in [6, 6.07) is 2.96. The van der Waals surface area contributed by atoms with E-state index in [9.17, 15) is 20.2 Å². The summed E-state index contributed by atoms with van der Waals surface area (Å²) in [6.45, 7) is 3.72. The number of hydrogen-bond acceptors (Lipinski definition) is 4. The van der Waals surface area contributed by atoms with Crippen molar-refractivity contribution >= 4 is 11.4 Å². The lowest BCUT2D eigenvalue weighted by molar-refractivity contribution is -0.395. The third-order valence-corrected chi connectivity index (χ3v) is 3.20. The minimum atomic E-state index is -0.507. The third-order valence-electron chi connectivity index (χ3n) is 3.20. The molecule has 1 saturated carbocycles. The average Bonchev–Trinajstić information content (AvgIpc) is 3.10. The molecule has 0 aliphatic heterocycles. The van der Waals surface area contributed by atoms with Crippen LogP contribution in [0.25, 0.3) is 0 Å². The highest BCUT2D eigenvalue weighted by Crippen LogP contribution is 2.49. The lowest BCUT2D eigenvalue weighted by Gasteiger charge is -2.08. The van der Waals surface area contributed by atoms with Gasteiger partial charge in [-0.2, -0.15) is 0 Å². The number of nitrogens with zero attached hydrogens (tertiary/aromatic N) is 2. The van der Waals surface area contributed by atoms with E-state index in [2.05, 4.69) is 0 Å². The number of hydrogen-bond donors (Lipinski definition) is 0. The topological polar surface area (TPSA) is 86.3 Å². The molecule has 1 aliphatic carbocycles. The Kier molecular flexibility index (Phi) is 3.02. The summed E-state index contributed by atoms with van der Waals surface area (Å²) in [4.78, 5) is 21.2. The van der Waals surface area contributed by atoms with Gasteiger partial charge in [-0.15, -0.1) is 0 Å². The Morgan fingerprint density at radius 3 is 1.83 bits per heavy atom. The van der Waals surface area contributed by atoms with Crippen LogP contribution in [0.2, 0.25) is 0 Å². The molecule has 6 heteroatoms. The molecule has 1 fully saturated rings. The lowest BCUT2D eigenvalue weighted by Crippen LogP contribution is -2.03. The molecule has 96 valence electrons. The van der Waals surface area contributed by atoms with Crippen molar-refractivity contribution in [2.75, 3.05) is 0 Å². The second kappa shape index (κ2) is 4.36. The van der Waals surface area contributed by atoms with E-state index in [4.69, 9.17) is 0 Å². The fourth-order valence-corrected chi connectivity index (χ4v) is 2.07. The lowest BCUT2D eigenvalue weighted by atomic mass is 9.96.